The summed E-state index contributed by atoms with van der Waals surface area (Å²) >= 11 is 0. The summed E-state index contributed by atoms with van der Waals surface area (Å²) in [5, 5.41) is 0. The number of carbonyl (C=O) groups is 1. The molecule has 0 fully saturated rings. The van der Waals surface area contributed by atoms with Gasteiger partial charge in [0.05, 0.1) is 0 Å². The Morgan fingerprint density at radius 1 is 1.07 bits per heavy atom. The first-order valence-corrected chi connectivity index (χ1v) is 9.36. The number of aromatic nitrogens is 4. The van der Waals surface area contributed by atoms with Gasteiger partial charge in [-0.25, -0.2) is 14.8 Å². The van der Waals surface area contributed by atoms with E-state index in [2.05, 4.69) is 15.0 Å². The summed E-state index contributed by atoms with van der Waals surface area (Å²) in [5.41, 5.74) is 9.96. The number of imidazole rings is 1. The lowest BCUT2D eigenvalue weighted by molar-refractivity contribution is 0.0997. The maximum absolute atomic E-state index is 12.6. The van der Waals surface area contributed by atoms with E-state index in [1.165, 1.54) is 4.57 Å². The molecule has 7 nitrogen and oxygen atoms in total. The highest BCUT2D eigenvalue weighted by Crippen LogP contribution is 2.22. The van der Waals surface area contributed by atoms with Gasteiger partial charge in [0, 0.05) is 12.1 Å². The maximum Gasteiger partial charge on any atom is 0.327 e. The molecule has 4 rings (SSSR count). The predicted octanol–water partition coefficient (Wildman–Crippen LogP) is 2.75. The van der Waals surface area contributed by atoms with Crippen LogP contribution in [0, 0.1) is 13.8 Å². The number of primary amides is 1. The third kappa shape index (κ3) is 3.54. The Labute approximate surface area is 167 Å². The second kappa shape index (κ2) is 7.35. The highest BCUT2D eigenvalue weighted by atomic mass is 16.2. The highest BCUT2D eigenvalue weighted by molar-refractivity contribution is 6.01. The minimum absolute atomic E-state index is 0.0128. The largest absolute Gasteiger partial charge is 0.364 e. The third-order valence-corrected chi connectivity index (χ3v) is 5.09. The van der Waals surface area contributed by atoms with Crippen LogP contribution in [0.15, 0.2) is 53.3 Å². The number of fused-ring (bicyclic) bond motifs is 1. The van der Waals surface area contributed by atoms with E-state index in [0.29, 0.717) is 24.4 Å². The standard InChI is InChI=1S/C22H21N5O2/c1-13-8-9-16(12-14(13)2)20-24-17(19(23)28)18-21(26-20)27(22(29)25-18)11-10-15-6-4-3-5-7-15/h3-9,12H,10-11H2,1-2H3,(H2,23,28)(H,25,29). The van der Waals surface area contributed by atoms with Crippen molar-refractivity contribution in [2.75, 3.05) is 0 Å². The molecular formula is C22H21N5O2. The van der Waals surface area contributed by atoms with Crippen LogP contribution in [-0.4, -0.2) is 25.4 Å². The van der Waals surface area contributed by atoms with Gasteiger partial charge in [-0.1, -0.05) is 42.5 Å². The Hall–Kier alpha value is -3.74. The van der Waals surface area contributed by atoms with E-state index >= 15 is 0 Å². The number of nitrogens with zero attached hydrogens (tertiary/aromatic N) is 3. The number of benzene rings is 2. The maximum atomic E-state index is 12.6. The van der Waals surface area contributed by atoms with Crippen LogP contribution in [0.25, 0.3) is 22.6 Å². The Morgan fingerprint density at radius 2 is 1.83 bits per heavy atom. The molecular weight excluding hydrogens is 366 g/mol. The molecule has 0 unspecified atom stereocenters. The number of aryl methyl sites for hydroxylation is 4. The van der Waals surface area contributed by atoms with Crippen molar-refractivity contribution < 1.29 is 4.79 Å². The molecule has 0 aliphatic carbocycles. The van der Waals surface area contributed by atoms with E-state index in [1.54, 1.807) is 0 Å². The number of amides is 1. The van der Waals surface area contributed by atoms with Crippen LogP contribution in [0.2, 0.25) is 0 Å². The number of hydrogen-bond donors (Lipinski definition) is 2. The van der Waals surface area contributed by atoms with Crippen molar-refractivity contribution in [3.05, 3.63) is 81.4 Å². The molecule has 0 atom stereocenters. The first kappa shape index (κ1) is 18.6. The Morgan fingerprint density at radius 3 is 2.52 bits per heavy atom. The van der Waals surface area contributed by atoms with Crippen LogP contribution in [0.1, 0.15) is 27.2 Å². The summed E-state index contributed by atoms with van der Waals surface area (Å²) in [7, 11) is 0. The average molecular weight is 387 g/mol. The van der Waals surface area contributed by atoms with Gasteiger partial charge in [0.25, 0.3) is 5.91 Å². The first-order valence-electron chi connectivity index (χ1n) is 9.36. The lowest BCUT2D eigenvalue weighted by atomic mass is 10.1. The molecule has 1 amide bonds. The van der Waals surface area contributed by atoms with E-state index in [-0.39, 0.29) is 16.9 Å². The average Bonchev–Trinajstić information content (AvgIpc) is 3.03. The number of rotatable bonds is 5. The third-order valence-electron chi connectivity index (χ3n) is 5.09. The number of aromatic amines is 1. The Balaban J connectivity index is 1.85. The van der Waals surface area contributed by atoms with Gasteiger partial charge < -0.3 is 10.7 Å². The van der Waals surface area contributed by atoms with E-state index in [4.69, 9.17) is 5.73 Å². The zero-order chi connectivity index (χ0) is 20.5. The van der Waals surface area contributed by atoms with E-state index in [9.17, 15) is 9.59 Å². The Kier molecular flexibility index (Phi) is 4.72. The van der Waals surface area contributed by atoms with E-state index < -0.39 is 5.91 Å². The zero-order valence-corrected chi connectivity index (χ0v) is 16.3. The molecule has 4 aromatic rings. The van der Waals surface area contributed by atoms with E-state index in [1.807, 2.05) is 62.4 Å². The van der Waals surface area contributed by atoms with Gasteiger partial charge in [-0.05, 0) is 43.0 Å². The second-order valence-corrected chi connectivity index (χ2v) is 7.08. The molecule has 146 valence electrons. The minimum atomic E-state index is -0.709. The predicted molar refractivity (Wildman–Crippen MR) is 112 cm³/mol. The number of nitrogens with two attached hydrogens (primary N) is 1. The van der Waals surface area contributed by atoms with Crippen LogP contribution in [0.3, 0.4) is 0 Å². The van der Waals surface area contributed by atoms with Crippen molar-refractivity contribution in [1.29, 1.82) is 0 Å². The second-order valence-electron chi connectivity index (χ2n) is 7.08. The van der Waals surface area contributed by atoms with E-state index in [0.717, 1.165) is 22.3 Å². The zero-order valence-electron chi connectivity index (χ0n) is 16.3. The van der Waals surface area contributed by atoms with Crippen LogP contribution < -0.4 is 11.4 Å². The van der Waals surface area contributed by atoms with Crippen molar-refractivity contribution in [1.82, 2.24) is 19.5 Å². The van der Waals surface area contributed by atoms with Crippen molar-refractivity contribution in [3.8, 4) is 11.4 Å². The SMILES string of the molecule is Cc1ccc(-c2nc(C(N)=O)c3[nH]c(=O)n(CCc4ccccc4)c3n2)cc1C. The quantitative estimate of drug-likeness (QED) is 0.549. The lowest BCUT2D eigenvalue weighted by Crippen LogP contribution is -2.18. The molecule has 2 aromatic carbocycles. The summed E-state index contributed by atoms with van der Waals surface area (Å²) < 4.78 is 1.53. The van der Waals surface area contributed by atoms with Gasteiger partial charge in [-0.2, -0.15) is 0 Å². The number of hydrogen-bond acceptors (Lipinski definition) is 4. The molecule has 2 heterocycles. The van der Waals surface area contributed by atoms with Crippen LogP contribution in [0.4, 0.5) is 0 Å². The molecule has 0 saturated carbocycles. The molecule has 7 heteroatoms. The van der Waals surface area contributed by atoms with Gasteiger partial charge in [-0.3, -0.25) is 9.36 Å². The van der Waals surface area contributed by atoms with Crippen molar-refractivity contribution >= 4 is 17.1 Å². The summed E-state index contributed by atoms with van der Waals surface area (Å²) in [4.78, 5) is 36.2. The normalized spacial score (nSPS) is 11.1. The molecule has 0 bridgehead atoms. The van der Waals surface area contributed by atoms with Crippen molar-refractivity contribution in [2.24, 2.45) is 5.73 Å². The molecule has 29 heavy (non-hydrogen) atoms. The van der Waals surface area contributed by atoms with Gasteiger partial charge in [0.2, 0.25) is 0 Å². The van der Waals surface area contributed by atoms with Crippen LogP contribution >= 0.6 is 0 Å². The van der Waals surface area contributed by atoms with Crippen molar-refractivity contribution in [2.45, 2.75) is 26.8 Å². The fraction of sp³-hybridized carbons (Fsp3) is 0.182. The molecule has 0 saturated heterocycles. The fourth-order valence-electron chi connectivity index (χ4n) is 3.31. The highest BCUT2D eigenvalue weighted by Gasteiger charge is 2.19. The fourth-order valence-corrected chi connectivity index (χ4v) is 3.31. The van der Waals surface area contributed by atoms with Crippen LogP contribution in [0.5, 0.6) is 0 Å². The van der Waals surface area contributed by atoms with Gasteiger partial charge in [0.15, 0.2) is 17.2 Å². The molecule has 0 aliphatic heterocycles. The molecule has 0 spiro atoms. The summed E-state index contributed by atoms with van der Waals surface area (Å²) in [6.45, 7) is 4.44. The molecule has 3 N–H and O–H groups in total. The monoisotopic (exact) mass is 387 g/mol. The number of nitrogens with one attached hydrogen (secondary N) is 1. The summed E-state index contributed by atoms with van der Waals surface area (Å²) in [6, 6.07) is 15.7. The molecule has 2 aromatic heterocycles. The molecule has 0 radical (unpaired) electrons. The summed E-state index contributed by atoms with van der Waals surface area (Å²) in [6.07, 6.45) is 0.655. The molecule has 0 aliphatic rings. The van der Waals surface area contributed by atoms with Crippen molar-refractivity contribution in [3.63, 3.8) is 0 Å². The number of carbonyl (C=O) groups excluding carboxylic acids is 1. The number of H-pyrrole nitrogens is 1. The van der Waals surface area contributed by atoms with Gasteiger partial charge in [-0.15, -0.1) is 0 Å². The minimum Gasteiger partial charge on any atom is -0.364 e. The summed E-state index contributed by atoms with van der Waals surface area (Å²) in [5.74, 6) is -0.346. The van der Waals surface area contributed by atoms with Crippen LogP contribution in [-0.2, 0) is 13.0 Å². The van der Waals surface area contributed by atoms with Gasteiger partial charge in [0.1, 0.15) is 5.52 Å². The topological polar surface area (TPSA) is 107 Å². The smallest absolute Gasteiger partial charge is 0.327 e. The lowest BCUT2D eigenvalue weighted by Gasteiger charge is -2.08. The Bertz CT molecular complexity index is 1270. The van der Waals surface area contributed by atoms with Gasteiger partial charge >= 0.3 is 5.69 Å². The first-order chi connectivity index (χ1) is 13.9.